The highest BCUT2D eigenvalue weighted by molar-refractivity contribution is 9.10. The number of aryl methyl sites for hydroxylation is 1. The first-order valence-electron chi connectivity index (χ1n) is 5.84. The van der Waals surface area contributed by atoms with Crippen LogP contribution in [0, 0.1) is 12.7 Å². The van der Waals surface area contributed by atoms with Gasteiger partial charge in [-0.05, 0) is 53.7 Å². The molecule has 5 heteroatoms. The van der Waals surface area contributed by atoms with Gasteiger partial charge in [0.2, 0.25) is 5.88 Å². The molecule has 0 fully saturated rings. The van der Waals surface area contributed by atoms with Gasteiger partial charge in [0.1, 0.15) is 11.6 Å². The fraction of sp³-hybridized carbons (Fsp3) is 0.214. The van der Waals surface area contributed by atoms with Crippen molar-refractivity contribution < 1.29 is 9.13 Å². The maximum Gasteiger partial charge on any atom is 0.219 e. The molecule has 0 saturated heterocycles. The molecule has 0 radical (unpaired) electrons. The number of rotatable bonds is 4. The van der Waals surface area contributed by atoms with E-state index < -0.39 is 0 Å². The Morgan fingerprint density at radius 3 is 2.74 bits per heavy atom. The van der Waals surface area contributed by atoms with Crippen LogP contribution in [0.3, 0.4) is 0 Å². The smallest absolute Gasteiger partial charge is 0.219 e. The monoisotopic (exact) mass is 324 g/mol. The number of halogens is 2. The molecule has 1 heterocycles. The second-order valence-electron chi connectivity index (χ2n) is 4.10. The SMILES string of the molecule is CNCc1ccc(Oc2ccc(F)c(Br)c2)nc1C. The van der Waals surface area contributed by atoms with E-state index in [1.165, 1.54) is 6.07 Å². The maximum atomic E-state index is 13.1. The Kier molecular flexibility index (Phi) is 4.50. The van der Waals surface area contributed by atoms with Gasteiger partial charge in [-0.1, -0.05) is 6.07 Å². The first-order chi connectivity index (χ1) is 9.10. The summed E-state index contributed by atoms with van der Waals surface area (Å²) in [5.74, 6) is 0.721. The number of hydrogen-bond donors (Lipinski definition) is 1. The predicted octanol–water partition coefficient (Wildman–Crippen LogP) is 3.80. The van der Waals surface area contributed by atoms with Crippen LogP contribution in [0.2, 0.25) is 0 Å². The topological polar surface area (TPSA) is 34.1 Å². The van der Waals surface area contributed by atoms with Crippen LogP contribution in [0.5, 0.6) is 11.6 Å². The molecular formula is C14H14BrFN2O. The zero-order valence-electron chi connectivity index (χ0n) is 10.7. The molecule has 0 saturated carbocycles. The van der Waals surface area contributed by atoms with Crippen LogP contribution in [0.15, 0.2) is 34.8 Å². The van der Waals surface area contributed by atoms with Crippen molar-refractivity contribution in [1.82, 2.24) is 10.3 Å². The van der Waals surface area contributed by atoms with Crippen molar-refractivity contribution in [2.24, 2.45) is 0 Å². The van der Waals surface area contributed by atoms with Gasteiger partial charge < -0.3 is 10.1 Å². The predicted molar refractivity (Wildman–Crippen MR) is 75.9 cm³/mol. The molecule has 100 valence electrons. The van der Waals surface area contributed by atoms with Crippen molar-refractivity contribution >= 4 is 15.9 Å². The normalized spacial score (nSPS) is 10.5. The third kappa shape index (κ3) is 3.52. The van der Waals surface area contributed by atoms with Gasteiger partial charge in [-0.25, -0.2) is 9.37 Å². The zero-order chi connectivity index (χ0) is 13.8. The van der Waals surface area contributed by atoms with Gasteiger partial charge in [-0.3, -0.25) is 0 Å². The third-order valence-electron chi connectivity index (χ3n) is 2.65. The van der Waals surface area contributed by atoms with Gasteiger partial charge in [0.05, 0.1) is 4.47 Å². The minimum Gasteiger partial charge on any atom is -0.439 e. The number of hydrogen-bond acceptors (Lipinski definition) is 3. The molecule has 2 aromatic rings. The minimum absolute atomic E-state index is 0.319. The van der Waals surface area contributed by atoms with E-state index >= 15 is 0 Å². The summed E-state index contributed by atoms with van der Waals surface area (Å²) in [5, 5.41) is 3.08. The van der Waals surface area contributed by atoms with Gasteiger partial charge in [-0.2, -0.15) is 0 Å². The van der Waals surface area contributed by atoms with Crippen LogP contribution in [0.1, 0.15) is 11.3 Å². The number of nitrogens with one attached hydrogen (secondary N) is 1. The molecule has 0 spiro atoms. The Hall–Kier alpha value is -1.46. The van der Waals surface area contributed by atoms with E-state index in [4.69, 9.17) is 4.74 Å². The molecule has 1 N–H and O–H groups in total. The quantitative estimate of drug-likeness (QED) is 0.928. The van der Waals surface area contributed by atoms with Crippen molar-refractivity contribution in [3.8, 4) is 11.6 Å². The number of benzene rings is 1. The second-order valence-corrected chi connectivity index (χ2v) is 4.96. The average Bonchev–Trinajstić information content (AvgIpc) is 2.37. The lowest BCUT2D eigenvalue weighted by atomic mass is 10.2. The summed E-state index contributed by atoms with van der Waals surface area (Å²) in [5.41, 5.74) is 2.03. The molecule has 3 nitrogen and oxygen atoms in total. The summed E-state index contributed by atoms with van der Waals surface area (Å²) in [6.45, 7) is 2.70. The summed E-state index contributed by atoms with van der Waals surface area (Å²) in [6, 6.07) is 8.26. The van der Waals surface area contributed by atoms with Gasteiger partial charge in [0.15, 0.2) is 0 Å². The van der Waals surface area contributed by atoms with E-state index in [9.17, 15) is 4.39 Å². The number of ether oxygens (including phenoxy) is 1. The maximum absolute atomic E-state index is 13.1. The fourth-order valence-electron chi connectivity index (χ4n) is 1.66. The highest BCUT2D eigenvalue weighted by atomic mass is 79.9. The first kappa shape index (κ1) is 14.0. The third-order valence-corrected chi connectivity index (χ3v) is 3.26. The number of pyridine rings is 1. The molecule has 0 aliphatic carbocycles. The van der Waals surface area contributed by atoms with Crippen molar-refractivity contribution in [3.63, 3.8) is 0 Å². The molecule has 1 aromatic heterocycles. The Bertz CT molecular complexity index is 590. The molecule has 0 atom stereocenters. The molecule has 0 aliphatic rings. The Labute approximate surface area is 119 Å². The van der Waals surface area contributed by atoms with E-state index in [1.54, 1.807) is 18.2 Å². The molecule has 0 unspecified atom stereocenters. The van der Waals surface area contributed by atoms with Crippen molar-refractivity contribution in [2.45, 2.75) is 13.5 Å². The van der Waals surface area contributed by atoms with Gasteiger partial charge in [0, 0.05) is 18.3 Å². The molecular weight excluding hydrogens is 311 g/mol. The number of nitrogens with zero attached hydrogens (tertiary/aromatic N) is 1. The lowest BCUT2D eigenvalue weighted by Gasteiger charge is -2.09. The Morgan fingerprint density at radius 1 is 1.32 bits per heavy atom. The highest BCUT2D eigenvalue weighted by Crippen LogP contribution is 2.25. The largest absolute Gasteiger partial charge is 0.439 e. The Morgan fingerprint density at radius 2 is 2.11 bits per heavy atom. The highest BCUT2D eigenvalue weighted by Gasteiger charge is 2.05. The number of aromatic nitrogens is 1. The summed E-state index contributed by atoms with van der Waals surface area (Å²) < 4.78 is 19.1. The van der Waals surface area contributed by atoms with E-state index in [-0.39, 0.29) is 5.82 Å². The summed E-state index contributed by atoms with van der Waals surface area (Å²) in [7, 11) is 1.89. The van der Waals surface area contributed by atoms with E-state index in [0.29, 0.717) is 16.1 Å². The zero-order valence-corrected chi connectivity index (χ0v) is 12.3. The summed E-state index contributed by atoms with van der Waals surface area (Å²) >= 11 is 3.12. The fourth-order valence-corrected chi connectivity index (χ4v) is 2.02. The van der Waals surface area contributed by atoms with E-state index in [0.717, 1.165) is 17.8 Å². The van der Waals surface area contributed by atoms with Crippen LogP contribution < -0.4 is 10.1 Å². The molecule has 0 aliphatic heterocycles. The van der Waals surface area contributed by atoms with Gasteiger partial charge >= 0.3 is 0 Å². The summed E-state index contributed by atoms with van der Waals surface area (Å²) in [4.78, 5) is 4.37. The van der Waals surface area contributed by atoms with Crippen molar-refractivity contribution in [2.75, 3.05) is 7.05 Å². The van der Waals surface area contributed by atoms with Crippen molar-refractivity contribution in [1.29, 1.82) is 0 Å². The van der Waals surface area contributed by atoms with Gasteiger partial charge in [-0.15, -0.1) is 0 Å². The van der Waals surface area contributed by atoms with Crippen LogP contribution in [0.25, 0.3) is 0 Å². The molecule has 0 bridgehead atoms. The van der Waals surface area contributed by atoms with Crippen LogP contribution >= 0.6 is 15.9 Å². The lowest BCUT2D eigenvalue weighted by molar-refractivity contribution is 0.458. The standard InChI is InChI=1S/C14H14BrFN2O/c1-9-10(8-17-2)3-6-14(18-9)19-11-4-5-13(16)12(15)7-11/h3-7,17H,8H2,1-2H3. The second kappa shape index (κ2) is 6.12. The van der Waals surface area contributed by atoms with Crippen LogP contribution in [0.4, 0.5) is 4.39 Å². The summed E-state index contributed by atoms with van der Waals surface area (Å²) in [6.07, 6.45) is 0. The van der Waals surface area contributed by atoms with Gasteiger partial charge in [0.25, 0.3) is 0 Å². The van der Waals surface area contributed by atoms with E-state index in [1.807, 2.05) is 20.0 Å². The molecule has 0 amide bonds. The first-order valence-corrected chi connectivity index (χ1v) is 6.63. The molecule has 2 rings (SSSR count). The van der Waals surface area contributed by atoms with Crippen LogP contribution in [-0.4, -0.2) is 12.0 Å². The average molecular weight is 325 g/mol. The Balaban J connectivity index is 2.19. The van der Waals surface area contributed by atoms with Crippen LogP contribution in [-0.2, 0) is 6.54 Å². The van der Waals surface area contributed by atoms with Crippen molar-refractivity contribution in [3.05, 3.63) is 51.9 Å². The molecule has 19 heavy (non-hydrogen) atoms. The minimum atomic E-state index is -0.319. The van der Waals surface area contributed by atoms with E-state index in [2.05, 4.69) is 26.2 Å². The lowest BCUT2D eigenvalue weighted by Crippen LogP contribution is -2.07. The molecule has 1 aromatic carbocycles.